The van der Waals surface area contributed by atoms with Crippen molar-refractivity contribution in [3.63, 3.8) is 0 Å². The number of rotatable bonds is 7. The quantitative estimate of drug-likeness (QED) is 0.726. The van der Waals surface area contributed by atoms with E-state index >= 15 is 0 Å². The molecule has 5 nitrogen and oxygen atoms in total. The lowest BCUT2D eigenvalue weighted by atomic mass is 10.1. The number of hydrogen-bond acceptors (Lipinski definition) is 4. The van der Waals surface area contributed by atoms with Gasteiger partial charge in [-0.05, 0) is 61.7 Å². The summed E-state index contributed by atoms with van der Waals surface area (Å²) in [4.78, 5) is 13.5. The molecule has 1 aliphatic rings. The number of carbonyl (C=O) groups excluding carboxylic acids is 1. The van der Waals surface area contributed by atoms with Crippen LogP contribution in [-0.2, 0) is 21.2 Å². The SMILES string of the molecule is Cc1ccc(NC(=O)CCCCc2cccs2)cc1N1CCCS1(=O)=O. The van der Waals surface area contributed by atoms with Crippen LogP contribution < -0.4 is 9.62 Å². The summed E-state index contributed by atoms with van der Waals surface area (Å²) in [5, 5.41) is 4.96. The van der Waals surface area contributed by atoms with Crippen molar-refractivity contribution in [2.24, 2.45) is 0 Å². The Labute approximate surface area is 159 Å². The molecule has 1 aliphatic heterocycles. The summed E-state index contributed by atoms with van der Waals surface area (Å²) in [5.74, 6) is 0.156. The molecule has 3 rings (SSSR count). The van der Waals surface area contributed by atoms with Crippen molar-refractivity contribution < 1.29 is 13.2 Å². The molecule has 2 aromatic rings. The van der Waals surface area contributed by atoms with Crippen LogP contribution in [0, 0.1) is 6.92 Å². The number of thiophene rings is 1. The lowest BCUT2D eigenvalue weighted by Crippen LogP contribution is -2.26. The van der Waals surface area contributed by atoms with Crippen LogP contribution in [-0.4, -0.2) is 26.6 Å². The summed E-state index contributed by atoms with van der Waals surface area (Å²) >= 11 is 1.74. The Morgan fingerprint density at radius 2 is 2.12 bits per heavy atom. The zero-order valence-corrected chi connectivity index (χ0v) is 16.5. The fraction of sp³-hybridized carbons (Fsp3) is 0.421. The first-order valence-corrected chi connectivity index (χ1v) is 11.4. The zero-order chi connectivity index (χ0) is 18.6. The van der Waals surface area contributed by atoms with Gasteiger partial charge in [0.25, 0.3) is 0 Å². The maximum Gasteiger partial charge on any atom is 0.235 e. The maximum atomic E-state index is 12.2. The highest BCUT2D eigenvalue weighted by Gasteiger charge is 2.29. The third kappa shape index (κ3) is 4.65. The predicted octanol–water partition coefficient (Wildman–Crippen LogP) is 3.95. The molecule has 1 amide bonds. The number of hydrogen-bond donors (Lipinski definition) is 1. The lowest BCUT2D eigenvalue weighted by molar-refractivity contribution is -0.116. The highest BCUT2D eigenvalue weighted by Crippen LogP contribution is 2.30. The molecule has 0 saturated carbocycles. The average Bonchev–Trinajstić information content (AvgIpc) is 3.22. The molecule has 1 saturated heterocycles. The van der Waals surface area contributed by atoms with Gasteiger partial charge in [-0.25, -0.2) is 8.42 Å². The molecule has 0 aliphatic carbocycles. The third-order valence-electron chi connectivity index (χ3n) is 4.52. The molecule has 0 bridgehead atoms. The first kappa shape index (κ1) is 18.9. The number of anilines is 2. The molecule has 140 valence electrons. The van der Waals surface area contributed by atoms with E-state index in [1.807, 2.05) is 25.1 Å². The number of amides is 1. The molecule has 0 unspecified atom stereocenters. The summed E-state index contributed by atoms with van der Waals surface area (Å²) in [6.45, 7) is 2.39. The van der Waals surface area contributed by atoms with E-state index in [1.165, 1.54) is 9.18 Å². The maximum absolute atomic E-state index is 12.2. The Balaban J connectivity index is 1.56. The van der Waals surface area contributed by atoms with Gasteiger partial charge < -0.3 is 5.32 Å². The van der Waals surface area contributed by atoms with Crippen LogP contribution in [0.3, 0.4) is 0 Å². The molecule has 7 heteroatoms. The fourth-order valence-electron chi connectivity index (χ4n) is 3.13. The van der Waals surface area contributed by atoms with Crippen LogP contribution in [0.1, 0.15) is 36.1 Å². The van der Waals surface area contributed by atoms with Crippen LogP contribution >= 0.6 is 11.3 Å². The van der Waals surface area contributed by atoms with Crippen LogP contribution in [0.5, 0.6) is 0 Å². The molecule has 26 heavy (non-hydrogen) atoms. The summed E-state index contributed by atoms with van der Waals surface area (Å²) in [6, 6.07) is 9.61. The van der Waals surface area contributed by atoms with E-state index in [-0.39, 0.29) is 11.7 Å². The van der Waals surface area contributed by atoms with Crippen LogP contribution in [0.2, 0.25) is 0 Å². The van der Waals surface area contributed by atoms with Gasteiger partial charge in [0.1, 0.15) is 0 Å². The van der Waals surface area contributed by atoms with Gasteiger partial charge in [-0.15, -0.1) is 11.3 Å². The summed E-state index contributed by atoms with van der Waals surface area (Å²) in [7, 11) is -3.23. The van der Waals surface area contributed by atoms with Crippen molar-refractivity contribution in [1.82, 2.24) is 0 Å². The number of benzene rings is 1. The van der Waals surface area contributed by atoms with Crippen LogP contribution in [0.25, 0.3) is 0 Å². The first-order chi connectivity index (χ1) is 12.5. The first-order valence-electron chi connectivity index (χ1n) is 8.89. The van der Waals surface area contributed by atoms with Crippen molar-refractivity contribution >= 4 is 38.6 Å². The summed E-state index contributed by atoms with van der Waals surface area (Å²) in [5.41, 5.74) is 2.21. The molecule has 0 radical (unpaired) electrons. The monoisotopic (exact) mass is 392 g/mol. The molecular formula is C19H24N2O3S2. The van der Waals surface area contributed by atoms with Crippen LogP contribution in [0.15, 0.2) is 35.7 Å². The van der Waals surface area contributed by atoms with Gasteiger partial charge in [-0.1, -0.05) is 12.1 Å². The number of unbranched alkanes of at least 4 members (excludes halogenated alkanes) is 1. The Morgan fingerprint density at radius 3 is 2.81 bits per heavy atom. The molecule has 1 aromatic heterocycles. The Morgan fingerprint density at radius 1 is 1.27 bits per heavy atom. The number of aryl methyl sites for hydroxylation is 2. The van der Waals surface area contributed by atoms with E-state index in [0.29, 0.717) is 30.8 Å². The lowest BCUT2D eigenvalue weighted by Gasteiger charge is -2.20. The Kier molecular flexibility index (Phi) is 5.98. The second-order valence-electron chi connectivity index (χ2n) is 6.58. The molecular weight excluding hydrogens is 368 g/mol. The molecule has 2 heterocycles. The minimum absolute atomic E-state index is 0.0322. The van der Waals surface area contributed by atoms with Gasteiger partial charge in [0, 0.05) is 23.5 Å². The molecule has 0 atom stereocenters. The summed E-state index contributed by atoms with van der Waals surface area (Å²) in [6.07, 6.45) is 3.94. The van der Waals surface area contributed by atoms with Crippen molar-refractivity contribution in [3.8, 4) is 0 Å². The minimum atomic E-state index is -3.23. The normalized spacial score (nSPS) is 16.0. The third-order valence-corrected chi connectivity index (χ3v) is 7.31. The predicted molar refractivity (Wildman–Crippen MR) is 107 cm³/mol. The summed E-state index contributed by atoms with van der Waals surface area (Å²) < 4.78 is 25.8. The molecule has 0 spiro atoms. The van der Waals surface area contributed by atoms with Gasteiger partial charge in [-0.2, -0.15) is 0 Å². The van der Waals surface area contributed by atoms with Gasteiger partial charge in [0.05, 0.1) is 11.4 Å². The van der Waals surface area contributed by atoms with E-state index in [1.54, 1.807) is 17.4 Å². The van der Waals surface area contributed by atoms with E-state index in [9.17, 15) is 13.2 Å². The molecule has 1 aromatic carbocycles. The van der Waals surface area contributed by atoms with E-state index in [4.69, 9.17) is 0 Å². The van der Waals surface area contributed by atoms with E-state index in [0.717, 1.165) is 24.8 Å². The van der Waals surface area contributed by atoms with Gasteiger partial charge in [0.2, 0.25) is 15.9 Å². The largest absolute Gasteiger partial charge is 0.326 e. The van der Waals surface area contributed by atoms with E-state index in [2.05, 4.69) is 16.8 Å². The van der Waals surface area contributed by atoms with E-state index < -0.39 is 10.0 Å². The molecule has 1 fully saturated rings. The minimum Gasteiger partial charge on any atom is -0.326 e. The van der Waals surface area contributed by atoms with Crippen molar-refractivity contribution in [1.29, 1.82) is 0 Å². The number of sulfonamides is 1. The fourth-order valence-corrected chi connectivity index (χ4v) is 5.50. The van der Waals surface area contributed by atoms with Gasteiger partial charge >= 0.3 is 0 Å². The smallest absolute Gasteiger partial charge is 0.235 e. The second kappa shape index (κ2) is 8.22. The second-order valence-corrected chi connectivity index (χ2v) is 9.62. The average molecular weight is 393 g/mol. The van der Waals surface area contributed by atoms with Crippen LogP contribution in [0.4, 0.5) is 11.4 Å². The van der Waals surface area contributed by atoms with Crippen molar-refractivity contribution in [3.05, 3.63) is 46.2 Å². The highest BCUT2D eigenvalue weighted by molar-refractivity contribution is 7.93. The number of nitrogens with one attached hydrogen (secondary N) is 1. The highest BCUT2D eigenvalue weighted by atomic mass is 32.2. The topological polar surface area (TPSA) is 66.5 Å². The Bertz CT molecular complexity index is 861. The zero-order valence-electron chi connectivity index (χ0n) is 14.9. The number of nitrogens with zero attached hydrogens (tertiary/aromatic N) is 1. The molecule has 1 N–H and O–H groups in total. The van der Waals surface area contributed by atoms with Gasteiger partial charge in [-0.3, -0.25) is 9.10 Å². The van der Waals surface area contributed by atoms with Crippen molar-refractivity contribution in [2.75, 3.05) is 21.9 Å². The Hall–Kier alpha value is -1.86. The van der Waals surface area contributed by atoms with Gasteiger partial charge in [0.15, 0.2) is 0 Å². The number of carbonyl (C=O) groups is 1. The van der Waals surface area contributed by atoms with Crippen molar-refractivity contribution in [2.45, 2.75) is 39.0 Å². The standard InChI is InChI=1S/C19H24N2O3S2/c1-15-9-10-16(14-18(15)21-11-5-13-26(21,23)24)20-19(22)8-3-2-6-17-7-4-12-25-17/h4,7,9-10,12,14H,2-3,5-6,8,11,13H2,1H3,(H,20,22).